The third kappa shape index (κ3) is 5.21. The lowest BCUT2D eigenvalue weighted by atomic mass is 10.00. The van der Waals surface area contributed by atoms with Crippen molar-refractivity contribution in [2.24, 2.45) is 0 Å². The van der Waals surface area contributed by atoms with Crippen LogP contribution in [-0.2, 0) is 12.1 Å². The van der Waals surface area contributed by atoms with E-state index in [0.717, 1.165) is 29.8 Å². The number of carbonyl (C=O) groups excluding carboxylic acids is 1. The Hall–Kier alpha value is -3.07. The molecule has 1 N–H and O–H groups in total. The number of nitrogens with one attached hydrogen (secondary N) is 1. The predicted octanol–water partition coefficient (Wildman–Crippen LogP) is 5.95. The molecule has 0 aliphatic heterocycles. The number of rotatable bonds is 5. The van der Waals surface area contributed by atoms with E-state index in [0.29, 0.717) is 5.56 Å². The Kier molecular flexibility index (Phi) is 6.50. The van der Waals surface area contributed by atoms with E-state index in [2.05, 4.69) is 15.5 Å². The van der Waals surface area contributed by atoms with Gasteiger partial charge in [0.05, 0.1) is 17.7 Å². The molecule has 0 bridgehead atoms. The van der Waals surface area contributed by atoms with Crippen molar-refractivity contribution in [1.29, 1.82) is 0 Å². The highest BCUT2D eigenvalue weighted by molar-refractivity contribution is 6.29. The lowest BCUT2D eigenvalue weighted by Gasteiger charge is -2.20. The van der Waals surface area contributed by atoms with Crippen molar-refractivity contribution in [3.63, 3.8) is 0 Å². The SMILES string of the molecule is Cc1ccc(C(F)(F)CNC(=O)c2cc(Cl)nnc2-c2cccc(C(F)(F)F)c2)c(C)c1. The van der Waals surface area contributed by atoms with Gasteiger partial charge in [0.15, 0.2) is 5.15 Å². The zero-order chi connectivity index (χ0) is 23.7. The molecule has 0 aliphatic carbocycles. The van der Waals surface area contributed by atoms with E-state index in [1.807, 2.05) is 0 Å². The van der Waals surface area contributed by atoms with Crippen LogP contribution in [0.5, 0.6) is 0 Å². The van der Waals surface area contributed by atoms with Gasteiger partial charge in [-0.15, -0.1) is 10.2 Å². The number of aryl methyl sites for hydroxylation is 2. The zero-order valence-electron chi connectivity index (χ0n) is 16.9. The second kappa shape index (κ2) is 8.82. The van der Waals surface area contributed by atoms with Crippen LogP contribution in [0, 0.1) is 13.8 Å². The number of halogens is 6. The second-order valence-corrected chi connectivity index (χ2v) is 7.60. The third-order valence-electron chi connectivity index (χ3n) is 4.72. The van der Waals surface area contributed by atoms with Crippen LogP contribution in [0.2, 0.25) is 5.15 Å². The summed E-state index contributed by atoms with van der Waals surface area (Å²) in [5.41, 5.74) is -0.576. The molecular formula is C22H17ClF5N3O. The summed E-state index contributed by atoms with van der Waals surface area (Å²) in [6, 6.07) is 9.58. The minimum absolute atomic E-state index is 0.0599. The Morgan fingerprint density at radius 3 is 2.38 bits per heavy atom. The van der Waals surface area contributed by atoms with Gasteiger partial charge in [0.1, 0.15) is 5.69 Å². The van der Waals surface area contributed by atoms with Crippen LogP contribution >= 0.6 is 11.6 Å². The first-order valence-electron chi connectivity index (χ1n) is 9.33. The van der Waals surface area contributed by atoms with Crippen molar-refractivity contribution in [3.05, 3.63) is 81.5 Å². The summed E-state index contributed by atoms with van der Waals surface area (Å²) in [5.74, 6) is -4.35. The quantitative estimate of drug-likeness (QED) is 0.469. The Bertz CT molecular complexity index is 1160. The zero-order valence-corrected chi connectivity index (χ0v) is 17.7. The molecule has 0 saturated carbocycles. The maximum atomic E-state index is 14.7. The fraction of sp³-hybridized carbons (Fsp3) is 0.227. The summed E-state index contributed by atoms with van der Waals surface area (Å²) in [7, 11) is 0. The van der Waals surface area contributed by atoms with Crippen LogP contribution in [-0.4, -0.2) is 22.6 Å². The van der Waals surface area contributed by atoms with E-state index in [4.69, 9.17) is 11.6 Å². The maximum absolute atomic E-state index is 14.7. The molecule has 4 nitrogen and oxygen atoms in total. The largest absolute Gasteiger partial charge is 0.416 e. The van der Waals surface area contributed by atoms with Gasteiger partial charge < -0.3 is 5.32 Å². The van der Waals surface area contributed by atoms with E-state index >= 15 is 0 Å². The summed E-state index contributed by atoms with van der Waals surface area (Å²) in [6.45, 7) is 2.28. The summed E-state index contributed by atoms with van der Waals surface area (Å²) in [5, 5.41) is 9.20. The van der Waals surface area contributed by atoms with Gasteiger partial charge >= 0.3 is 6.18 Å². The van der Waals surface area contributed by atoms with Crippen molar-refractivity contribution >= 4 is 17.5 Å². The number of nitrogens with zero attached hydrogens (tertiary/aromatic N) is 2. The molecule has 1 aromatic heterocycles. The molecule has 0 unspecified atom stereocenters. The van der Waals surface area contributed by atoms with Crippen LogP contribution in [0.15, 0.2) is 48.5 Å². The topological polar surface area (TPSA) is 54.9 Å². The fourth-order valence-electron chi connectivity index (χ4n) is 3.20. The van der Waals surface area contributed by atoms with Crippen molar-refractivity contribution in [2.45, 2.75) is 25.9 Å². The summed E-state index contributed by atoms with van der Waals surface area (Å²) in [4.78, 5) is 12.7. The first-order valence-corrected chi connectivity index (χ1v) is 9.71. The van der Waals surface area contributed by atoms with Crippen molar-refractivity contribution in [2.75, 3.05) is 6.54 Å². The molecule has 0 atom stereocenters. The standard InChI is InChI=1S/C22H17ClF5N3O/c1-12-6-7-17(13(2)8-12)21(24,25)11-29-20(32)16-10-18(23)30-31-19(16)14-4-3-5-15(9-14)22(26,27)28/h3-10H,11H2,1-2H3,(H,29,32). The lowest BCUT2D eigenvalue weighted by molar-refractivity contribution is -0.137. The van der Waals surface area contributed by atoms with Crippen LogP contribution < -0.4 is 5.32 Å². The molecule has 0 aliphatic rings. The highest BCUT2D eigenvalue weighted by Crippen LogP contribution is 2.33. The molecule has 32 heavy (non-hydrogen) atoms. The first kappa shape index (κ1) is 23.6. The second-order valence-electron chi connectivity index (χ2n) is 7.21. The molecule has 0 saturated heterocycles. The van der Waals surface area contributed by atoms with Crippen LogP contribution in [0.1, 0.15) is 32.6 Å². The number of aromatic nitrogens is 2. The van der Waals surface area contributed by atoms with E-state index in [9.17, 15) is 26.7 Å². The van der Waals surface area contributed by atoms with E-state index in [1.165, 1.54) is 25.1 Å². The molecule has 2 aromatic carbocycles. The molecule has 168 valence electrons. The van der Waals surface area contributed by atoms with E-state index < -0.39 is 30.1 Å². The molecule has 1 heterocycles. The number of carbonyl (C=O) groups is 1. The van der Waals surface area contributed by atoms with Crippen molar-refractivity contribution < 1.29 is 26.7 Å². The molecule has 0 spiro atoms. The van der Waals surface area contributed by atoms with Crippen LogP contribution in [0.4, 0.5) is 22.0 Å². The summed E-state index contributed by atoms with van der Waals surface area (Å²) < 4.78 is 68.6. The average molecular weight is 470 g/mol. The minimum atomic E-state index is -4.62. The van der Waals surface area contributed by atoms with Gasteiger partial charge in [-0.3, -0.25) is 4.79 Å². The van der Waals surface area contributed by atoms with Crippen molar-refractivity contribution in [3.8, 4) is 11.3 Å². The molecule has 0 fully saturated rings. The maximum Gasteiger partial charge on any atom is 0.416 e. The van der Waals surface area contributed by atoms with Gasteiger partial charge in [0.2, 0.25) is 0 Å². The molecule has 3 aromatic rings. The van der Waals surface area contributed by atoms with Crippen molar-refractivity contribution in [1.82, 2.24) is 15.5 Å². The van der Waals surface area contributed by atoms with Gasteiger partial charge in [-0.05, 0) is 37.6 Å². The number of alkyl halides is 5. The fourth-order valence-corrected chi connectivity index (χ4v) is 3.35. The van der Waals surface area contributed by atoms with Crippen LogP contribution in [0.25, 0.3) is 11.3 Å². The number of amides is 1. The Balaban J connectivity index is 1.90. The Morgan fingerprint density at radius 1 is 1.00 bits per heavy atom. The Labute approximate surface area is 185 Å². The smallest absolute Gasteiger partial charge is 0.346 e. The Morgan fingerprint density at radius 2 is 1.72 bits per heavy atom. The third-order valence-corrected chi connectivity index (χ3v) is 4.90. The highest BCUT2D eigenvalue weighted by atomic mass is 35.5. The predicted molar refractivity (Wildman–Crippen MR) is 110 cm³/mol. The van der Waals surface area contributed by atoms with E-state index in [-0.39, 0.29) is 27.5 Å². The van der Waals surface area contributed by atoms with Gasteiger partial charge in [-0.2, -0.15) is 22.0 Å². The number of hydrogen-bond acceptors (Lipinski definition) is 3. The minimum Gasteiger partial charge on any atom is -0.346 e. The molecular weight excluding hydrogens is 453 g/mol. The monoisotopic (exact) mass is 469 g/mol. The van der Waals surface area contributed by atoms with Crippen LogP contribution in [0.3, 0.4) is 0 Å². The normalized spacial score (nSPS) is 12.0. The number of benzene rings is 2. The number of hydrogen-bond donors (Lipinski definition) is 1. The highest BCUT2D eigenvalue weighted by Gasteiger charge is 2.34. The lowest BCUT2D eigenvalue weighted by Crippen LogP contribution is -2.35. The average Bonchev–Trinajstić information content (AvgIpc) is 2.71. The first-order chi connectivity index (χ1) is 14.9. The molecule has 3 rings (SSSR count). The summed E-state index contributed by atoms with van der Waals surface area (Å²) in [6.07, 6.45) is -4.62. The molecule has 10 heteroatoms. The molecule has 0 radical (unpaired) electrons. The van der Waals surface area contributed by atoms with Gasteiger partial charge in [0.25, 0.3) is 11.8 Å². The van der Waals surface area contributed by atoms with Gasteiger partial charge in [-0.25, -0.2) is 0 Å². The van der Waals surface area contributed by atoms with Gasteiger partial charge in [-0.1, -0.05) is 47.5 Å². The van der Waals surface area contributed by atoms with E-state index in [1.54, 1.807) is 13.0 Å². The van der Waals surface area contributed by atoms with Gasteiger partial charge in [0, 0.05) is 11.1 Å². The summed E-state index contributed by atoms with van der Waals surface area (Å²) >= 11 is 5.79. The molecule has 1 amide bonds.